The van der Waals surface area contributed by atoms with Crippen molar-refractivity contribution in [3.05, 3.63) is 71.3 Å². The first-order valence-electron chi connectivity index (χ1n) is 11.0. The lowest BCUT2D eigenvalue weighted by atomic mass is 9.99. The first kappa shape index (κ1) is 23.8. The van der Waals surface area contributed by atoms with Gasteiger partial charge in [0.25, 0.3) is 0 Å². The molecule has 1 fully saturated rings. The Kier molecular flexibility index (Phi) is 7.59. The average molecular weight is 447 g/mol. The van der Waals surface area contributed by atoms with Gasteiger partial charge in [0, 0.05) is 19.0 Å². The SMILES string of the molecule is CC[C@H](C)C(=O)N1CC(=O)N(Cc2cccc(C(F)(F)F)c2)[C@@H](CCc2ccccc2)C1. The summed E-state index contributed by atoms with van der Waals surface area (Å²) in [6.45, 7) is 4.22. The number of halogens is 3. The molecule has 0 N–H and O–H groups in total. The molecule has 172 valence electrons. The van der Waals surface area contributed by atoms with Gasteiger partial charge in [0.05, 0.1) is 18.2 Å². The number of piperazine rings is 1. The highest BCUT2D eigenvalue weighted by Gasteiger charge is 2.36. The molecule has 0 unspecified atom stereocenters. The number of amides is 2. The van der Waals surface area contributed by atoms with Gasteiger partial charge < -0.3 is 9.80 Å². The van der Waals surface area contributed by atoms with E-state index in [0.717, 1.165) is 17.7 Å². The Morgan fingerprint density at radius 3 is 2.44 bits per heavy atom. The van der Waals surface area contributed by atoms with Crippen LogP contribution in [0.1, 0.15) is 43.4 Å². The monoisotopic (exact) mass is 446 g/mol. The number of rotatable bonds is 7. The molecule has 4 nitrogen and oxygen atoms in total. The summed E-state index contributed by atoms with van der Waals surface area (Å²) in [6.07, 6.45) is -2.41. The summed E-state index contributed by atoms with van der Waals surface area (Å²) in [5.41, 5.74) is 0.817. The molecule has 1 aliphatic rings. The first-order chi connectivity index (χ1) is 15.2. The van der Waals surface area contributed by atoms with E-state index in [2.05, 4.69) is 0 Å². The third kappa shape index (κ3) is 5.90. The molecule has 0 radical (unpaired) electrons. The summed E-state index contributed by atoms with van der Waals surface area (Å²) < 4.78 is 39.4. The van der Waals surface area contributed by atoms with Gasteiger partial charge in [0.2, 0.25) is 11.8 Å². The Balaban J connectivity index is 1.81. The van der Waals surface area contributed by atoms with Crippen molar-refractivity contribution in [1.29, 1.82) is 0 Å². The quantitative estimate of drug-likeness (QED) is 0.606. The van der Waals surface area contributed by atoms with Gasteiger partial charge in [-0.1, -0.05) is 56.3 Å². The van der Waals surface area contributed by atoms with Crippen LogP contribution in [0.4, 0.5) is 13.2 Å². The van der Waals surface area contributed by atoms with E-state index in [4.69, 9.17) is 0 Å². The number of nitrogens with zero attached hydrogens (tertiary/aromatic N) is 2. The van der Waals surface area contributed by atoms with E-state index in [-0.39, 0.29) is 36.9 Å². The van der Waals surface area contributed by atoms with Crippen molar-refractivity contribution in [2.75, 3.05) is 13.1 Å². The fourth-order valence-corrected chi connectivity index (χ4v) is 4.01. The maximum atomic E-state index is 13.1. The predicted octanol–water partition coefficient (Wildman–Crippen LogP) is 4.92. The summed E-state index contributed by atoms with van der Waals surface area (Å²) in [7, 11) is 0. The Morgan fingerprint density at radius 1 is 1.09 bits per heavy atom. The molecule has 2 atom stereocenters. The standard InChI is InChI=1S/C25H29F3N2O2/c1-3-18(2)24(32)29-16-22(13-12-19-8-5-4-6-9-19)30(23(31)17-29)15-20-10-7-11-21(14-20)25(26,27)28/h4-11,14,18,22H,3,12-13,15-17H2,1-2H3/t18-,22-/m0/s1. The number of hydrogen-bond donors (Lipinski definition) is 0. The van der Waals surface area contributed by atoms with Crippen molar-refractivity contribution in [3.8, 4) is 0 Å². The molecule has 3 rings (SSSR count). The third-order valence-corrected chi connectivity index (χ3v) is 6.08. The molecule has 1 saturated heterocycles. The number of hydrogen-bond acceptors (Lipinski definition) is 2. The third-order valence-electron chi connectivity index (χ3n) is 6.08. The summed E-state index contributed by atoms with van der Waals surface area (Å²) in [4.78, 5) is 29.0. The Bertz CT molecular complexity index is 930. The fraction of sp³-hybridized carbons (Fsp3) is 0.440. The van der Waals surface area contributed by atoms with Crippen molar-refractivity contribution in [1.82, 2.24) is 9.80 Å². The largest absolute Gasteiger partial charge is 0.416 e. The zero-order chi connectivity index (χ0) is 23.3. The predicted molar refractivity (Wildman–Crippen MR) is 117 cm³/mol. The van der Waals surface area contributed by atoms with Crippen LogP contribution in [-0.4, -0.2) is 40.7 Å². The minimum absolute atomic E-state index is 0.0377. The van der Waals surface area contributed by atoms with E-state index >= 15 is 0 Å². The molecule has 2 aromatic carbocycles. The summed E-state index contributed by atoms with van der Waals surface area (Å²) in [6, 6.07) is 14.7. The van der Waals surface area contributed by atoms with Gasteiger partial charge in [0.15, 0.2) is 0 Å². The highest BCUT2D eigenvalue weighted by Crippen LogP contribution is 2.30. The van der Waals surface area contributed by atoms with Gasteiger partial charge in [-0.2, -0.15) is 13.2 Å². The number of aryl methyl sites for hydroxylation is 1. The molecule has 32 heavy (non-hydrogen) atoms. The van der Waals surface area contributed by atoms with E-state index in [1.54, 1.807) is 15.9 Å². The molecule has 7 heteroatoms. The fourth-order valence-electron chi connectivity index (χ4n) is 4.01. The zero-order valence-electron chi connectivity index (χ0n) is 18.4. The maximum Gasteiger partial charge on any atom is 0.416 e. The van der Waals surface area contributed by atoms with Crippen LogP contribution in [0.5, 0.6) is 0 Å². The van der Waals surface area contributed by atoms with Crippen molar-refractivity contribution in [3.63, 3.8) is 0 Å². The minimum Gasteiger partial charge on any atom is -0.332 e. The van der Waals surface area contributed by atoms with Crippen molar-refractivity contribution >= 4 is 11.8 Å². The second-order valence-electron chi connectivity index (χ2n) is 8.43. The molecule has 0 aliphatic carbocycles. The molecule has 0 saturated carbocycles. The lowest BCUT2D eigenvalue weighted by Crippen LogP contribution is -2.58. The van der Waals surface area contributed by atoms with E-state index < -0.39 is 11.7 Å². The van der Waals surface area contributed by atoms with Crippen LogP contribution < -0.4 is 0 Å². The molecule has 0 spiro atoms. The number of alkyl halides is 3. The summed E-state index contributed by atoms with van der Waals surface area (Å²) in [5, 5.41) is 0. The van der Waals surface area contributed by atoms with Crippen LogP contribution in [-0.2, 0) is 28.7 Å². The van der Waals surface area contributed by atoms with Gasteiger partial charge in [-0.3, -0.25) is 9.59 Å². The van der Waals surface area contributed by atoms with Crippen molar-refractivity contribution in [2.45, 2.75) is 51.9 Å². The van der Waals surface area contributed by atoms with E-state index in [1.807, 2.05) is 44.2 Å². The van der Waals surface area contributed by atoms with Crippen LogP contribution in [0.25, 0.3) is 0 Å². The Labute approximate surface area is 187 Å². The van der Waals surface area contributed by atoms with Crippen LogP contribution in [0, 0.1) is 5.92 Å². The second kappa shape index (κ2) is 10.2. The lowest BCUT2D eigenvalue weighted by Gasteiger charge is -2.42. The molecule has 2 amide bonds. The molecule has 1 aliphatic heterocycles. The topological polar surface area (TPSA) is 40.6 Å². The maximum absolute atomic E-state index is 13.1. The van der Waals surface area contributed by atoms with Gasteiger partial charge in [-0.15, -0.1) is 0 Å². The molecular weight excluding hydrogens is 417 g/mol. The van der Waals surface area contributed by atoms with E-state index in [1.165, 1.54) is 6.07 Å². The number of carbonyl (C=O) groups is 2. The van der Waals surface area contributed by atoms with E-state index in [9.17, 15) is 22.8 Å². The molecular formula is C25H29F3N2O2. The molecule has 0 aromatic heterocycles. The van der Waals surface area contributed by atoms with Gasteiger partial charge >= 0.3 is 6.18 Å². The zero-order valence-corrected chi connectivity index (χ0v) is 18.4. The Morgan fingerprint density at radius 2 is 1.78 bits per heavy atom. The molecule has 1 heterocycles. The number of benzene rings is 2. The van der Waals surface area contributed by atoms with Crippen LogP contribution >= 0.6 is 0 Å². The Hall–Kier alpha value is -2.83. The van der Waals surface area contributed by atoms with Crippen molar-refractivity contribution < 1.29 is 22.8 Å². The summed E-state index contributed by atoms with van der Waals surface area (Å²) in [5.74, 6) is -0.458. The van der Waals surface area contributed by atoms with Crippen LogP contribution in [0.3, 0.4) is 0 Å². The first-order valence-corrected chi connectivity index (χ1v) is 11.0. The van der Waals surface area contributed by atoms with E-state index in [0.29, 0.717) is 31.4 Å². The van der Waals surface area contributed by atoms with Gasteiger partial charge in [-0.25, -0.2) is 0 Å². The normalized spacial score (nSPS) is 18.0. The van der Waals surface area contributed by atoms with Crippen LogP contribution in [0.15, 0.2) is 54.6 Å². The summed E-state index contributed by atoms with van der Waals surface area (Å²) >= 11 is 0. The smallest absolute Gasteiger partial charge is 0.332 e. The molecule has 2 aromatic rings. The average Bonchev–Trinajstić information content (AvgIpc) is 2.78. The highest BCUT2D eigenvalue weighted by molar-refractivity contribution is 5.87. The van der Waals surface area contributed by atoms with Crippen LogP contribution in [0.2, 0.25) is 0 Å². The highest BCUT2D eigenvalue weighted by atomic mass is 19.4. The minimum atomic E-state index is -4.44. The van der Waals surface area contributed by atoms with Gasteiger partial charge in [-0.05, 0) is 42.5 Å². The second-order valence-corrected chi connectivity index (χ2v) is 8.43. The van der Waals surface area contributed by atoms with Crippen molar-refractivity contribution in [2.24, 2.45) is 5.92 Å². The lowest BCUT2D eigenvalue weighted by molar-refractivity contribution is -0.151. The molecule has 0 bridgehead atoms. The van der Waals surface area contributed by atoms with Gasteiger partial charge in [0.1, 0.15) is 0 Å². The number of carbonyl (C=O) groups excluding carboxylic acids is 2.